The Balaban J connectivity index is 0.000000383. The molecule has 4 heteroatoms. The van der Waals surface area contributed by atoms with Crippen LogP contribution in [0.4, 0.5) is 8.78 Å². The van der Waals surface area contributed by atoms with E-state index >= 15 is 0 Å². The van der Waals surface area contributed by atoms with Crippen LogP contribution in [-0.2, 0) is 18.1 Å². The van der Waals surface area contributed by atoms with Crippen molar-refractivity contribution < 1.29 is 8.78 Å². The number of benzene rings is 2. The van der Waals surface area contributed by atoms with Gasteiger partial charge >= 0.3 is 78.6 Å². The second-order valence-electron chi connectivity index (χ2n) is 9.56. The minimum absolute atomic E-state index is 0.227. The molecule has 0 aliphatic rings. The summed E-state index contributed by atoms with van der Waals surface area (Å²) in [5.41, 5.74) is 8.58. The summed E-state index contributed by atoms with van der Waals surface area (Å²) in [6, 6.07) is 16.8. The Hall–Kier alpha value is -0.531. The average molecular weight is 529 g/mol. The van der Waals surface area contributed by atoms with Gasteiger partial charge < -0.3 is 0 Å². The Kier molecular flexibility index (Phi) is 18.2. The number of hydrogen-bond acceptors (Lipinski definition) is 0. The second kappa shape index (κ2) is 19.7. The van der Waals surface area contributed by atoms with Crippen molar-refractivity contribution in [3.8, 4) is 0 Å². The number of unbranched alkanes of at least 4 members (excludes halogenated alkanes) is 4. The van der Waals surface area contributed by atoms with E-state index < -0.39 is 30.4 Å². The molecule has 2 aromatic rings. The summed E-state index contributed by atoms with van der Waals surface area (Å²) in [5, 5.41) is 4.23. The molecule has 0 amide bonds. The van der Waals surface area contributed by atoms with Crippen molar-refractivity contribution in [1.82, 2.24) is 0 Å². The Morgan fingerprint density at radius 1 is 0.667 bits per heavy atom. The topological polar surface area (TPSA) is 0 Å². The van der Waals surface area contributed by atoms with Gasteiger partial charge in [-0.3, -0.25) is 4.39 Å². The van der Waals surface area contributed by atoms with Gasteiger partial charge in [0.15, 0.2) is 0 Å². The standard InChI is InChI=1S/C9H10F.C8H8F.2C5H11.2CH3.Al.Ga/c1-8-4-2-3-5-9(8)6-7-10;9-7-6-8-4-2-1-3-5-8;2*1-3-5-4-2;;;;/h2-5H,1,6-7H2;1-4H,6-7H2;2*1,3-5H2,2H3;2*1H3;;. The van der Waals surface area contributed by atoms with Gasteiger partial charge in [0, 0.05) is 6.42 Å². The van der Waals surface area contributed by atoms with Crippen molar-refractivity contribution in [3.05, 3.63) is 65.2 Å². The Morgan fingerprint density at radius 2 is 1.15 bits per heavy atom. The van der Waals surface area contributed by atoms with Crippen LogP contribution in [0.1, 0.15) is 69.1 Å². The molecule has 0 saturated heterocycles. The van der Waals surface area contributed by atoms with Gasteiger partial charge in [-0.25, -0.2) is 0 Å². The van der Waals surface area contributed by atoms with Crippen LogP contribution in [-0.4, -0.2) is 43.7 Å². The van der Waals surface area contributed by atoms with E-state index in [1.54, 1.807) is 0 Å². The first-order chi connectivity index (χ1) is 16.1. The number of alkyl halides is 2. The third kappa shape index (κ3) is 13.2. The predicted octanol–water partition coefficient (Wildman–Crippen LogP) is 8.32. The Morgan fingerprint density at radius 3 is 1.67 bits per heavy atom. The number of halogens is 2. The van der Waals surface area contributed by atoms with Crippen molar-refractivity contribution in [2.24, 2.45) is 0 Å². The van der Waals surface area contributed by atoms with Gasteiger partial charge in [0.1, 0.15) is 0 Å². The molecule has 182 valence electrons. The quantitative estimate of drug-likeness (QED) is 0.161. The van der Waals surface area contributed by atoms with Crippen molar-refractivity contribution in [1.29, 1.82) is 0 Å². The third-order valence-corrected chi connectivity index (χ3v) is 13.7. The van der Waals surface area contributed by atoms with Crippen molar-refractivity contribution >= 4 is 34.5 Å². The third-order valence-electron chi connectivity index (χ3n) is 6.46. The molecular weight excluding hydrogens is 483 g/mol. The fourth-order valence-corrected chi connectivity index (χ4v) is 11.1. The molecule has 0 aliphatic carbocycles. The van der Waals surface area contributed by atoms with E-state index in [0.29, 0.717) is 12.8 Å². The summed E-state index contributed by atoms with van der Waals surface area (Å²) in [6.45, 7) is 4.11. The zero-order valence-electron chi connectivity index (χ0n) is 21.7. The molecule has 0 N–H and O–H groups in total. The SMILES string of the molecule is CCCC[CH2][Al]([CH2]CCCC)[CH2]c1ccccc1CCF.[CH3][Ga]([CH3])[c]1ccccc1CCF. The fraction of sp³-hybridized carbons (Fsp3) is 0.586. The summed E-state index contributed by atoms with van der Waals surface area (Å²) < 4.78 is 26.3. The molecule has 2 aromatic carbocycles. The summed E-state index contributed by atoms with van der Waals surface area (Å²) in [6.07, 6.45) is 9.40. The van der Waals surface area contributed by atoms with Crippen LogP contribution >= 0.6 is 0 Å². The Labute approximate surface area is 213 Å². The molecule has 33 heavy (non-hydrogen) atoms. The fourth-order valence-electron chi connectivity index (χ4n) is 4.55. The zero-order chi connectivity index (χ0) is 24.3. The molecular formula is C29H46AlF2Ga. The van der Waals surface area contributed by atoms with Crippen LogP contribution in [0.3, 0.4) is 0 Å². The maximum absolute atomic E-state index is 12.7. The molecule has 0 radical (unpaired) electrons. The zero-order valence-corrected chi connectivity index (χ0v) is 25.3. The first-order valence-electron chi connectivity index (χ1n) is 13.3. The van der Waals surface area contributed by atoms with Gasteiger partial charge in [0.2, 0.25) is 0 Å². The first-order valence-corrected chi connectivity index (χ1v) is 21.8. The molecule has 0 spiro atoms. The minimum atomic E-state index is -1.21. The normalized spacial score (nSPS) is 10.5. The van der Waals surface area contributed by atoms with E-state index in [0.717, 1.165) is 0 Å². The number of rotatable bonds is 15. The van der Waals surface area contributed by atoms with Crippen molar-refractivity contribution in [2.45, 2.75) is 92.0 Å². The molecule has 0 heterocycles. The molecule has 2 rings (SSSR count). The van der Waals surface area contributed by atoms with Gasteiger partial charge in [-0.2, -0.15) is 0 Å². The summed E-state index contributed by atoms with van der Waals surface area (Å²) in [7, 11) is 0. The summed E-state index contributed by atoms with van der Waals surface area (Å²) >= 11 is -1.91. The number of hydrogen-bond donors (Lipinski definition) is 0. The molecule has 0 aromatic heterocycles. The van der Waals surface area contributed by atoms with Crippen molar-refractivity contribution in [2.75, 3.05) is 13.3 Å². The van der Waals surface area contributed by atoms with Gasteiger partial charge in [0.05, 0.1) is 6.67 Å². The summed E-state index contributed by atoms with van der Waals surface area (Å²) in [5.74, 6) is 0. The van der Waals surface area contributed by atoms with E-state index in [9.17, 15) is 8.78 Å². The molecule has 0 fully saturated rings. The van der Waals surface area contributed by atoms with Crippen LogP contribution in [0.15, 0.2) is 48.5 Å². The molecule has 0 saturated carbocycles. The molecule has 0 atom stereocenters. The monoisotopic (exact) mass is 528 g/mol. The van der Waals surface area contributed by atoms with E-state index in [2.05, 4.69) is 67.3 Å². The predicted molar refractivity (Wildman–Crippen MR) is 147 cm³/mol. The number of aryl methyl sites for hydroxylation is 2. The Bertz CT molecular complexity index is 725. The van der Waals surface area contributed by atoms with Crippen LogP contribution in [0.25, 0.3) is 0 Å². The molecule has 0 nitrogen and oxygen atoms in total. The van der Waals surface area contributed by atoms with E-state index in [1.807, 2.05) is 6.07 Å². The maximum atomic E-state index is 12.7. The van der Waals surface area contributed by atoms with Crippen LogP contribution < -0.4 is 4.12 Å². The molecule has 0 aliphatic heterocycles. The van der Waals surface area contributed by atoms with Gasteiger partial charge in [-0.1, -0.05) is 98.0 Å². The second-order valence-corrected chi connectivity index (χ2v) is 19.0. The van der Waals surface area contributed by atoms with E-state index in [1.165, 1.54) is 75.2 Å². The first kappa shape index (κ1) is 30.5. The van der Waals surface area contributed by atoms with Crippen LogP contribution in [0.2, 0.25) is 21.5 Å². The molecule has 0 bridgehead atoms. The van der Waals surface area contributed by atoms with Crippen molar-refractivity contribution in [3.63, 3.8) is 0 Å². The van der Waals surface area contributed by atoms with Crippen LogP contribution in [0, 0.1) is 0 Å². The van der Waals surface area contributed by atoms with E-state index in [-0.39, 0.29) is 13.3 Å². The van der Waals surface area contributed by atoms with Crippen LogP contribution in [0.5, 0.6) is 0 Å². The van der Waals surface area contributed by atoms with E-state index in [4.69, 9.17) is 0 Å². The summed E-state index contributed by atoms with van der Waals surface area (Å²) in [4.78, 5) is 0. The molecule has 0 unspecified atom stereocenters. The average Bonchev–Trinajstić information content (AvgIpc) is 2.81. The van der Waals surface area contributed by atoms with Gasteiger partial charge in [-0.05, 0) is 5.56 Å². The van der Waals surface area contributed by atoms with Gasteiger partial charge in [-0.15, -0.1) is 0 Å². The van der Waals surface area contributed by atoms with Gasteiger partial charge in [0.25, 0.3) is 14.1 Å².